The minimum atomic E-state index is -3.54. The molecule has 0 aliphatic carbocycles. The van der Waals surface area contributed by atoms with E-state index in [1.165, 1.54) is 4.31 Å². The molecule has 0 radical (unpaired) electrons. The van der Waals surface area contributed by atoms with Crippen molar-refractivity contribution >= 4 is 26.0 Å². The zero-order valence-corrected chi connectivity index (χ0v) is 17.8. The number of halogens is 1. The highest BCUT2D eigenvalue weighted by Gasteiger charge is 2.33. The van der Waals surface area contributed by atoms with Crippen LogP contribution in [0.3, 0.4) is 0 Å². The lowest BCUT2D eigenvalue weighted by molar-refractivity contribution is 0.265. The second-order valence-electron chi connectivity index (χ2n) is 6.95. The molecule has 0 N–H and O–H groups in total. The largest absolute Gasteiger partial charge is 0.339 e. The van der Waals surface area contributed by atoms with Crippen LogP contribution in [0.25, 0.3) is 11.4 Å². The lowest BCUT2D eigenvalue weighted by atomic mass is 10.00. The zero-order valence-electron chi connectivity index (χ0n) is 15.4. The Morgan fingerprint density at radius 2 is 1.89 bits per heavy atom. The highest BCUT2D eigenvalue weighted by atomic mass is 79.9. The van der Waals surface area contributed by atoms with E-state index < -0.39 is 10.0 Å². The molecule has 28 heavy (non-hydrogen) atoms. The van der Waals surface area contributed by atoms with Crippen LogP contribution < -0.4 is 0 Å². The van der Waals surface area contributed by atoms with Crippen LogP contribution in [0.2, 0.25) is 0 Å². The van der Waals surface area contributed by atoms with Crippen LogP contribution in [-0.2, 0) is 10.0 Å². The highest BCUT2D eigenvalue weighted by molar-refractivity contribution is 9.10. The smallest absolute Gasteiger partial charge is 0.243 e. The minimum absolute atomic E-state index is 0.113. The summed E-state index contributed by atoms with van der Waals surface area (Å²) in [6.07, 6.45) is 1.57. The van der Waals surface area contributed by atoms with Gasteiger partial charge in [-0.3, -0.25) is 0 Å². The van der Waals surface area contributed by atoms with E-state index in [1.807, 2.05) is 43.3 Å². The number of rotatable bonds is 4. The van der Waals surface area contributed by atoms with E-state index in [-0.39, 0.29) is 5.92 Å². The Labute approximate surface area is 172 Å². The van der Waals surface area contributed by atoms with Gasteiger partial charge >= 0.3 is 0 Å². The molecule has 0 unspecified atom stereocenters. The van der Waals surface area contributed by atoms with Crippen molar-refractivity contribution in [2.24, 2.45) is 0 Å². The lowest BCUT2D eigenvalue weighted by Crippen LogP contribution is -2.39. The van der Waals surface area contributed by atoms with Gasteiger partial charge in [-0.15, -0.1) is 0 Å². The van der Waals surface area contributed by atoms with Crippen LogP contribution in [0.5, 0.6) is 0 Å². The second kappa shape index (κ2) is 7.77. The summed E-state index contributed by atoms with van der Waals surface area (Å²) in [5.41, 5.74) is 1.87. The summed E-state index contributed by atoms with van der Waals surface area (Å²) >= 11 is 3.50. The summed E-state index contributed by atoms with van der Waals surface area (Å²) in [4.78, 5) is 4.85. The SMILES string of the molecule is Cc1ccc(S(=O)(=O)N2CCC[C@H](c3nc(-c4ccccc4Br)no3)C2)cc1. The van der Waals surface area contributed by atoms with Gasteiger partial charge in [0, 0.05) is 23.1 Å². The summed E-state index contributed by atoms with van der Waals surface area (Å²) in [5.74, 6) is 0.869. The van der Waals surface area contributed by atoms with E-state index in [1.54, 1.807) is 12.1 Å². The van der Waals surface area contributed by atoms with Gasteiger partial charge in [0.25, 0.3) is 0 Å². The number of hydrogen-bond donors (Lipinski definition) is 0. The normalized spacial score (nSPS) is 18.3. The van der Waals surface area contributed by atoms with Gasteiger partial charge in [-0.2, -0.15) is 9.29 Å². The minimum Gasteiger partial charge on any atom is -0.339 e. The molecule has 2 aromatic carbocycles. The number of sulfonamides is 1. The first-order valence-corrected chi connectivity index (χ1v) is 11.3. The molecule has 0 spiro atoms. The Morgan fingerprint density at radius 1 is 1.14 bits per heavy atom. The predicted molar refractivity (Wildman–Crippen MR) is 109 cm³/mol. The molecule has 0 saturated carbocycles. The van der Waals surface area contributed by atoms with E-state index >= 15 is 0 Å². The van der Waals surface area contributed by atoms with Crippen LogP contribution in [-0.4, -0.2) is 36.0 Å². The van der Waals surface area contributed by atoms with Crippen LogP contribution in [0, 0.1) is 6.92 Å². The van der Waals surface area contributed by atoms with Crippen molar-refractivity contribution in [1.82, 2.24) is 14.4 Å². The Kier molecular flexibility index (Phi) is 5.35. The third kappa shape index (κ3) is 3.76. The van der Waals surface area contributed by atoms with Crippen molar-refractivity contribution in [3.8, 4) is 11.4 Å². The number of benzene rings is 2. The summed E-state index contributed by atoms with van der Waals surface area (Å²) < 4.78 is 33.9. The van der Waals surface area contributed by atoms with Crippen LogP contribution in [0.4, 0.5) is 0 Å². The Balaban J connectivity index is 1.56. The molecule has 8 heteroatoms. The van der Waals surface area contributed by atoms with E-state index in [4.69, 9.17) is 4.52 Å². The molecule has 1 aromatic heterocycles. The number of aryl methyl sites for hydroxylation is 1. The molecule has 2 heterocycles. The van der Waals surface area contributed by atoms with Gasteiger partial charge in [-0.25, -0.2) is 8.42 Å². The maximum absolute atomic E-state index is 13.0. The topological polar surface area (TPSA) is 76.3 Å². The molecule has 1 saturated heterocycles. The van der Waals surface area contributed by atoms with E-state index in [2.05, 4.69) is 26.1 Å². The van der Waals surface area contributed by atoms with E-state index in [9.17, 15) is 8.42 Å². The van der Waals surface area contributed by atoms with Gasteiger partial charge < -0.3 is 4.52 Å². The molecular weight excluding hydrogens is 442 g/mol. The molecule has 0 bridgehead atoms. The van der Waals surface area contributed by atoms with Crippen molar-refractivity contribution < 1.29 is 12.9 Å². The molecule has 3 aromatic rings. The summed E-state index contributed by atoms with van der Waals surface area (Å²) in [7, 11) is -3.54. The molecule has 1 atom stereocenters. The quantitative estimate of drug-likeness (QED) is 0.576. The van der Waals surface area contributed by atoms with Crippen LogP contribution in [0.15, 0.2) is 62.4 Å². The lowest BCUT2D eigenvalue weighted by Gasteiger charge is -2.30. The van der Waals surface area contributed by atoms with Crippen molar-refractivity contribution in [2.75, 3.05) is 13.1 Å². The molecule has 4 rings (SSSR count). The number of hydrogen-bond acceptors (Lipinski definition) is 5. The van der Waals surface area contributed by atoms with E-state index in [0.717, 1.165) is 28.4 Å². The Hall–Kier alpha value is -2.03. The monoisotopic (exact) mass is 461 g/mol. The first-order chi connectivity index (χ1) is 13.4. The van der Waals surface area contributed by atoms with Crippen molar-refractivity contribution in [1.29, 1.82) is 0 Å². The standard InChI is InChI=1S/C20H20BrN3O3S/c1-14-8-10-16(11-9-14)28(25,26)24-12-4-5-15(13-24)20-22-19(23-27-20)17-6-2-3-7-18(17)21/h2-3,6-11,15H,4-5,12-13H2,1H3/t15-/m0/s1. The van der Waals surface area contributed by atoms with Crippen molar-refractivity contribution in [3.05, 3.63) is 64.5 Å². The number of nitrogens with zero attached hydrogens (tertiary/aromatic N) is 3. The molecular formula is C20H20BrN3O3S. The first kappa shape index (κ1) is 19.3. The maximum Gasteiger partial charge on any atom is 0.243 e. The Morgan fingerprint density at radius 3 is 2.64 bits per heavy atom. The maximum atomic E-state index is 13.0. The van der Waals surface area contributed by atoms with Crippen LogP contribution >= 0.6 is 15.9 Å². The van der Waals surface area contributed by atoms with Gasteiger partial charge in [0.1, 0.15) is 0 Å². The zero-order chi connectivity index (χ0) is 19.7. The molecule has 6 nitrogen and oxygen atoms in total. The number of piperidine rings is 1. The van der Waals surface area contributed by atoms with Crippen molar-refractivity contribution in [3.63, 3.8) is 0 Å². The predicted octanol–water partition coefficient (Wildman–Crippen LogP) is 4.38. The molecule has 1 fully saturated rings. The highest BCUT2D eigenvalue weighted by Crippen LogP contribution is 2.32. The second-order valence-corrected chi connectivity index (χ2v) is 9.74. The number of aromatic nitrogens is 2. The molecule has 1 aliphatic rings. The third-order valence-electron chi connectivity index (χ3n) is 4.95. The fourth-order valence-electron chi connectivity index (χ4n) is 3.37. The van der Waals surface area contributed by atoms with Gasteiger partial charge in [-0.1, -0.05) is 50.9 Å². The van der Waals surface area contributed by atoms with Gasteiger partial charge in [0.2, 0.25) is 21.7 Å². The average Bonchev–Trinajstić information content (AvgIpc) is 3.19. The fraction of sp³-hybridized carbons (Fsp3) is 0.300. The van der Waals surface area contributed by atoms with Crippen molar-refractivity contribution in [2.45, 2.75) is 30.6 Å². The van der Waals surface area contributed by atoms with Gasteiger partial charge in [0.15, 0.2) is 0 Å². The van der Waals surface area contributed by atoms with E-state index in [0.29, 0.717) is 29.7 Å². The molecule has 146 valence electrons. The van der Waals surface area contributed by atoms with Gasteiger partial charge in [0.05, 0.1) is 10.8 Å². The molecule has 0 amide bonds. The third-order valence-corrected chi connectivity index (χ3v) is 7.52. The first-order valence-electron chi connectivity index (χ1n) is 9.10. The summed E-state index contributed by atoms with van der Waals surface area (Å²) in [5, 5.41) is 4.09. The average molecular weight is 462 g/mol. The summed E-state index contributed by atoms with van der Waals surface area (Å²) in [6, 6.07) is 14.6. The van der Waals surface area contributed by atoms with Gasteiger partial charge in [-0.05, 0) is 44.0 Å². The molecule has 1 aliphatic heterocycles. The summed E-state index contributed by atoms with van der Waals surface area (Å²) in [6.45, 7) is 2.78. The Bertz CT molecular complexity index is 1080. The van der Waals surface area contributed by atoms with Crippen LogP contribution in [0.1, 0.15) is 30.2 Å². The fourth-order valence-corrected chi connectivity index (χ4v) is 5.36.